The van der Waals surface area contributed by atoms with Crippen LogP contribution in [0.4, 0.5) is 4.79 Å². The van der Waals surface area contributed by atoms with Gasteiger partial charge >= 0.3 is 6.09 Å². The molecule has 0 aliphatic carbocycles. The summed E-state index contributed by atoms with van der Waals surface area (Å²) in [4.78, 5) is 28.4. The fourth-order valence-electron chi connectivity index (χ4n) is 4.93. The number of hydrogen-bond donors (Lipinski definition) is 1. The first-order valence-electron chi connectivity index (χ1n) is 11.1. The van der Waals surface area contributed by atoms with Gasteiger partial charge in [0, 0.05) is 0 Å². The van der Waals surface area contributed by atoms with Crippen molar-refractivity contribution in [1.29, 1.82) is 0 Å². The van der Waals surface area contributed by atoms with Gasteiger partial charge in [0.2, 0.25) is 5.91 Å². The number of aliphatic hydroxyl groups is 1. The number of carbonyl (C=O) groups is 2. The van der Waals surface area contributed by atoms with E-state index in [9.17, 15) is 14.7 Å². The fourth-order valence-corrected chi connectivity index (χ4v) is 8.40. The Kier molecular flexibility index (Phi) is 6.27. The van der Waals surface area contributed by atoms with E-state index in [0.29, 0.717) is 17.4 Å². The normalized spacial score (nSPS) is 22.2. The second kappa shape index (κ2) is 9.00. The van der Waals surface area contributed by atoms with Gasteiger partial charge in [0.15, 0.2) is 6.10 Å². The van der Waals surface area contributed by atoms with Gasteiger partial charge in [-0.15, -0.1) is 0 Å². The summed E-state index contributed by atoms with van der Waals surface area (Å²) in [6, 6.07) is 22.4. The number of cyclic esters (lactones) is 1. The molecule has 3 aromatic rings. The van der Waals surface area contributed by atoms with E-state index in [1.54, 1.807) is 24.3 Å². The van der Waals surface area contributed by atoms with Crippen LogP contribution >= 0.6 is 0 Å². The lowest BCUT2D eigenvalue weighted by Crippen LogP contribution is -2.59. The molecular weight excluding hydrogens is 434 g/mol. The van der Waals surface area contributed by atoms with E-state index in [1.807, 2.05) is 43.3 Å². The number of furan rings is 1. The molecule has 6 nitrogen and oxygen atoms in total. The Bertz CT molecular complexity index is 1100. The van der Waals surface area contributed by atoms with Crippen molar-refractivity contribution in [3.05, 3.63) is 90.4 Å². The predicted molar refractivity (Wildman–Crippen MR) is 128 cm³/mol. The molecular formula is C26H29NO5Si. The van der Waals surface area contributed by atoms with Gasteiger partial charge in [0.25, 0.3) is 0 Å². The molecule has 2 heterocycles. The van der Waals surface area contributed by atoms with Crippen LogP contribution < -0.4 is 5.19 Å². The van der Waals surface area contributed by atoms with Gasteiger partial charge < -0.3 is 14.3 Å². The van der Waals surface area contributed by atoms with E-state index in [-0.39, 0.29) is 5.91 Å². The molecule has 1 saturated heterocycles. The molecule has 0 saturated carbocycles. The molecule has 7 heteroatoms. The molecule has 172 valence electrons. The van der Waals surface area contributed by atoms with Gasteiger partial charge in [-0.2, -0.15) is 0 Å². The molecule has 4 rings (SSSR count). The minimum atomic E-state index is -2.15. The Morgan fingerprint density at radius 3 is 2.21 bits per heavy atom. The number of rotatable bonds is 7. The first-order chi connectivity index (χ1) is 15.8. The van der Waals surface area contributed by atoms with Crippen molar-refractivity contribution in [3.63, 3.8) is 0 Å². The molecule has 2 aromatic carbocycles. The van der Waals surface area contributed by atoms with Gasteiger partial charge in [0.1, 0.15) is 5.76 Å². The molecule has 1 fully saturated rings. The predicted octanol–water partition coefficient (Wildman–Crippen LogP) is 4.66. The Morgan fingerprint density at radius 2 is 1.64 bits per heavy atom. The third-order valence-electron chi connectivity index (χ3n) is 6.54. The van der Waals surface area contributed by atoms with Crippen molar-refractivity contribution in [2.45, 2.75) is 38.2 Å². The number of aliphatic hydroxyl groups excluding tert-OH is 1. The highest BCUT2D eigenvalue weighted by molar-refractivity contribution is 6.90. The molecule has 0 bridgehead atoms. The average molecular weight is 464 g/mol. The largest absolute Gasteiger partial charge is 0.465 e. The number of nitrogens with zero attached hydrogens (tertiary/aromatic N) is 1. The van der Waals surface area contributed by atoms with Crippen molar-refractivity contribution < 1.29 is 23.8 Å². The summed E-state index contributed by atoms with van der Waals surface area (Å²) in [6.07, 6.45) is -0.115. The van der Waals surface area contributed by atoms with Crippen LogP contribution in [0.15, 0.2) is 83.5 Å². The minimum Gasteiger partial charge on any atom is -0.465 e. The van der Waals surface area contributed by atoms with Crippen molar-refractivity contribution in [2.75, 3.05) is 6.61 Å². The molecule has 2 amide bonds. The first kappa shape index (κ1) is 23.0. The van der Waals surface area contributed by atoms with Crippen LogP contribution in [0.3, 0.4) is 0 Å². The molecule has 1 aromatic heterocycles. The van der Waals surface area contributed by atoms with E-state index in [2.05, 4.69) is 25.2 Å². The Morgan fingerprint density at radius 1 is 1.00 bits per heavy atom. The Labute approximate surface area is 194 Å². The van der Waals surface area contributed by atoms with Crippen LogP contribution in [-0.2, 0) is 9.53 Å². The van der Waals surface area contributed by atoms with Crippen LogP contribution in [0.1, 0.15) is 30.4 Å². The third kappa shape index (κ3) is 4.26. The molecule has 3 atom stereocenters. The number of ether oxygens (including phenoxy) is 1. The van der Waals surface area contributed by atoms with Crippen LogP contribution in [-0.4, -0.2) is 36.7 Å². The maximum Gasteiger partial charge on any atom is 0.417 e. The summed E-state index contributed by atoms with van der Waals surface area (Å²) in [5.74, 6) is 0.0801. The van der Waals surface area contributed by atoms with Gasteiger partial charge in [-0.3, -0.25) is 4.79 Å². The smallest absolute Gasteiger partial charge is 0.417 e. The lowest BCUT2D eigenvalue weighted by molar-refractivity contribution is -0.160. The second-order valence-electron chi connectivity index (χ2n) is 9.41. The van der Waals surface area contributed by atoms with Gasteiger partial charge in [-0.1, -0.05) is 78.9 Å². The summed E-state index contributed by atoms with van der Waals surface area (Å²) in [5, 5.41) is 11.4. The van der Waals surface area contributed by atoms with Gasteiger partial charge in [-0.05, 0) is 30.7 Å². The van der Waals surface area contributed by atoms with E-state index >= 15 is 0 Å². The van der Waals surface area contributed by atoms with Crippen LogP contribution in [0.2, 0.25) is 19.1 Å². The quantitative estimate of drug-likeness (QED) is 0.516. The number of benzene rings is 2. The maximum absolute atomic E-state index is 14.1. The zero-order valence-electron chi connectivity index (χ0n) is 19.1. The highest BCUT2D eigenvalue weighted by Gasteiger charge is 2.57. The van der Waals surface area contributed by atoms with Crippen molar-refractivity contribution >= 4 is 25.3 Å². The summed E-state index contributed by atoms with van der Waals surface area (Å²) in [5.41, 5.74) is -0.400. The number of imide groups is 1. The summed E-state index contributed by atoms with van der Waals surface area (Å²) < 4.78 is 11.5. The molecule has 0 unspecified atom stereocenters. The van der Waals surface area contributed by atoms with Crippen LogP contribution in [0, 0.1) is 5.41 Å². The van der Waals surface area contributed by atoms with E-state index in [0.717, 1.165) is 4.90 Å². The van der Waals surface area contributed by atoms with E-state index < -0.39 is 38.3 Å². The highest BCUT2D eigenvalue weighted by atomic mass is 28.3. The summed E-state index contributed by atoms with van der Waals surface area (Å²) >= 11 is 0. The zero-order chi connectivity index (χ0) is 23.6. The van der Waals surface area contributed by atoms with Gasteiger partial charge in [0.05, 0.1) is 32.4 Å². The standard InChI is InChI=1S/C26H29NO5Si/c1-26(18-33(2,3)20-13-8-5-9-14-20)23(22-15-10-16-31-22)32-25(30)27(24(26)29)21(17-28)19-11-6-4-7-12-19/h4-16,21,23,28H,17-18H2,1-3H3/t21-,23-,26-/m1/s1. The third-order valence-corrected chi connectivity index (χ3v) is 10.1. The minimum absolute atomic E-state index is 0.362. The highest BCUT2D eigenvalue weighted by Crippen LogP contribution is 2.49. The van der Waals surface area contributed by atoms with Crippen LogP contribution in [0.25, 0.3) is 0 Å². The molecule has 1 aliphatic heterocycles. The lowest BCUT2D eigenvalue weighted by atomic mass is 9.81. The monoisotopic (exact) mass is 463 g/mol. The second-order valence-corrected chi connectivity index (χ2v) is 14.1. The topological polar surface area (TPSA) is 80.0 Å². The molecule has 1 N–H and O–H groups in total. The molecule has 1 aliphatic rings. The zero-order valence-corrected chi connectivity index (χ0v) is 20.1. The SMILES string of the molecule is C[C@]1(C[Si](C)(C)c2ccccc2)C(=O)N([C@H](CO)c2ccccc2)C(=O)O[C@@H]1c1ccco1. The number of hydrogen-bond acceptors (Lipinski definition) is 5. The molecule has 0 spiro atoms. The first-order valence-corrected chi connectivity index (χ1v) is 14.3. The molecule has 0 radical (unpaired) electrons. The molecule has 33 heavy (non-hydrogen) atoms. The lowest BCUT2D eigenvalue weighted by Gasteiger charge is -2.47. The fraction of sp³-hybridized carbons (Fsp3) is 0.308. The summed E-state index contributed by atoms with van der Waals surface area (Å²) in [6.45, 7) is 5.87. The Balaban J connectivity index is 1.78. The average Bonchev–Trinajstić information content (AvgIpc) is 3.35. The number of amides is 2. The Hall–Kier alpha value is -3.16. The van der Waals surface area contributed by atoms with E-state index in [1.165, 1.54) is 11.4 Å². The van der Waals surface area contributed by atoms with Crippen molar-refractivity contribution in [3.8, 4) is 0 Å². The maximum atomic E-state index is 14.1. The summed E-state index contributed by atoms with van der Waals surface area (Å²) in [7, 11) is -2.15. The van der Waals surface area contributed by atoms with Gasteiger partial charge in [-0.25, -0.2) is 9.69 Å². The van der Waals surface area contributed by atoms with E-state index in [4.69, 9.17) is 9.15 Å². The van der Waals surface area contributed by atoms with Crippen molar-refractivity contribution in [1.82, 2.24) is 4.90 Å². The number of carbonyl (C=O) groups excluding carboxylic acids is 2. The van der Waals surface area contributed by atoms with Crippen LogP contribution in [0.5, 0.6) is 0 Å². The van der Waals surface area contributed by atoms with Crippen molar-refractivity contribution in [2.24, 2.45) is 5.41 Å².